The van der Waals surface area contributed by atoms with E-state index in [1.807, 2.05) is 35.6 Å². The van der Waals surface area contributed by atoms with E-state index in [2.05, 4.69) is 514 Å². The normalized spacial score (nSPS) is 11.6. The molecular formula is C126H84N6O2S. The number of nitrogens with zero attached hydrogens (tertiary/aromatic N) is 6. The van der Waals surface area contributed by atoms with E-state index in [1.165, 1.54) is 119 Å². The molecule has 0 unspecified atom stereocenters. The first kappa shape index (κ1) is 79.4. The fourth-order valence-corrected chi connectivity index (χ4v) is 21.5. The third-order valence-corrected chi connectivity index (χ3v) is 27.4. The summed E-state index contributed by atoms with van der Waals surface area (Å²) < 4.78 is 22.4. The van der Waals surface area contributed by atoms with Gasteiger partial charge in [0.15, 0.2) is 0 Å². The molecule has 135 heavy (non-hydrogen) atoms. The first-order chi connectivity index (χ1) is 67.0. The Kier molecular flexibility index (Phi) is 20.0. The Morgan fingerprint density at radius 3 is 0.844 bits per heavy atom. The highest BCUT2D eigenvalue weighted by molar-refractivity contribution is 7.25. The molecule has 0 atom stereocenters. The maximum absolute atomic E-state index is 6.36. The molecule has 0 amide bonds. The monoisotopic (exact) mass is 1740 g/mol. The third kappa shape index (κ3) is 14.2. The standard InChI is InChI=1S/2C42H28N2O.C42H28N2S/c1-4-14-29(15-5-1)37-26-33(27-38-34-20-10-12-22-39(34)44(42(37)38)31-18-8-3-9-19-31)43(30-16-6-2-7-17-30)32-24-25-36-35-21-11-13-23-40(35)45-41(36)28-32;1-4-14-29(15-5-1)36-27-33(28-38-34-20-10-12-22-39(34)44(42(36)38)31-18-8-3-9-19-31)43(30-16-6-2-7-17-30)32-24-25-41-37(26-32)35-21-11-13-23-40(35)45-41;1-4-14-29(15-5-1)37-26-33(27-38-34-20-10-12-22-39(34)44(42(37)38)31-18-8-3-9-19-31)43(30-16-6-2-7-17-30)32-24-25-36-35-21-11-13-23-40(35)45-41(36)28-32/h3*1-28H. The summed E-state index contributed by atoms with van der Waals surface area (Å²) in [6.07, 6.45) is 0. The van der Waals surface area contributed by atoms with Crippen molar-refractivity contribution in [3.8, 4) is 50.4 Å². The van der Waals surface area contributed by atoms with Crippen molar-refractivity contribution in [2.24, 2.45) is 0 Å². The lowest BCUT2D eigenvalue weighted by molar-refractivity contribution is 0.668. The Balaban J connectivity index is 0.000000108. The molecular weight excluding hydrogens is 1660 g/mol. The third-order valence-electron chi connectivity index (χ3n) is 26.2. The molecule has 27 rings (SSSR count). The summed E-state index contributed by atoms with van der Waals surface area (Å²) in [5, 5.41) is 14.4. The van der Waals surface area contributed by atoms with Crippen molar-refractivity contribution >= 4 is 192 Å². The molecule has 0 saturated carbocycles. The molecule has 0 bridgehead atoms. The van der Waals surface area contributed by atoms with Gasteiger partial charge in [0.05, 0.1) is 33.1 Å². The van der Waals surface area contributed by atoms with Crippen LogP contribution in [0.2, 0.25) is 0 Å². The van der Waals surface area contributed by atoms with Crippen LogP contribution in [0.5, 0.6) is 0 Å². The van der Waals surface area contributed by atoms with E-state index < -0.39 is 0 Å². The molecule has 0 radical (unpaired) electrons. The molecule has 0 saturated heterocycles. The van der Waals surface area contributed by atoms with Crippen LogP contribution in [0.3, 0.4) is 0 Å². The van der Waals surface area contributed by atoms with E-state index in [4.69, 9.17) is 8.83 Å². The SMILES string of the molecule is c1ccc(-c2cc(N(c3ccccc3)c3ccc4c(c3)oc3ccccc34)cc3c4ccccc4n(-c4ccccc4)c23)cc1.c1ccc(-c2cc(N(c3ccccc3)c3ccc4c(c3)sc3ccccc34)cc3c4ccccc4n(-c4ccccc4)c23)cc1.c1ccc(-c2cc(N(c3ccccc3)c3ccc4oc5ccccc5c4c3)cc3c4ccccc4n(-c4ccccc4)c23)cc1. The largest absolute Gasteiger partial charge is 0.456 e. The van der Waals surface area contributed by atoms with Gasteiger partial charge in [-0.2, -0.15) is 0 Å². The molecule has 636 valence electrons. The van der Waals surface area contributed by atoms with Crippen LogP contribution in [0.25, 0.3) is 180 Å². The Morgan fingerprint density at radius 2 is 0.437 bits per heavy atom. The fourth-order valence-electron chi connectivity index (χ4n) is 20.3. The average molecular weight is 1750 g/mol. The minimum absolute atomic E-state index is 0.875. The number of hydrogen-bond acceptors (Lipinski definition) is 6. The van der Waals surface area contributed by atoms with Gasteiger partial charge in [0.1, 0.15) is 22.3 Å². The van der Waals surface area contributed by atoms with Gasteiger partial charge in [0, 0.05) is 165 Å². The molecule has 0 aliphatic carbocycles. The first-order valence-corrected chi connectivity index (χ1v) is 46.7. The minimum Gasteiger partial charge on any atom is -0.456 e. The van der Waals surface area contributed by atoms with Crippen molar-refractivity contribution < 1.29 is 8.83 Å². The topological polar surface area (TPSA) is 50.8 Å². The van der Waals surface area contributed by atoms with E-state index in [0.29, 0.717) is 0 Å². The maximum atomic E-state index is 6.36. The lowest BCUT2D eigenvalue weighted by Gasteiger charge is -2.27. The molecule has 0 N–H and O–H groups in total. The summed E-state index contributed by atoms with van der Waals surface area (Å²) in [5.74, 6) is 0. The lowest BCUT2D eigenvalue weighted by Crippen LogP contribution is -2.10. The minimum atomic E-state index is 0.875. The highest BCUT2D eigenvalue weighted by atomic mass is 32.1. The molecule has 0 aliphatic heterocycles. The molecule has 27 aromatic rings. The Hall–Kier alpha value is -17.8. The van der Waals surface area contributed by atoms with E-state index in [-0.39, 0.29) is 0 Å². The number of furan rings is 2. The van der Waals surface area contributed by atoms with Crippen LogP contribution in [-0.4, -0.2) is 13.7 Å². The van der Waals surface area contributed by atoms with Gasteiger partial charge < -0.3 is 37.2 Å². The number of aromatic nitrogens is 3. The smallest absolute Gasteiger partial charge is 0.137 e. The van der Waals surface area contributed by atoms with Crippen molar-refractivity contribution in [2.45, 2.75) is 0 Å². The molecule has 0 fully saturated rings. The summed E-state index contributed by atoms with van der Waals surface area (Å²) in [4.78, 5) is 7.11. The number of anilines is 9. The maximum Gasteiger partial charge on any atom is 0.137 e. The van der Waals surface area contributed by atoms with Gasteiger partial charge in [0.25, 0.3) is 0 Å². The predicted octanol–water partition coefficient (Wildman–Crippen LogP) is 35.9. The van der Waals surface area contributed by atoms with Crippen molar-refractivity contribution in [1.82, 2.24) is 13.7 Å². The van der Waals surface area contributed by atoms with Crippen molar-refractivity contribution in [1.29, 1.82) is 0 Å². The number of fused-ring (bicyclic) bond motifs is 18. The summed E-state index contributed by atoms with van der Waals surface area (Å²) in [7, 11) is 0. The van der Waals surface area contributed by atoms with Gasteiger partial charge in [-0.15, -0.1) is 11.3 Å². The molecule has 0 aliphatic rings. The van der Waals surface area contributed by atoms with Crippen LogP contribution >= 0.6 is 11.3 Å². The van der Waals surface area contributed by atoms with Crippen LogP contribution in [0, 0.1) is 0 Å². The van der Waals surface area contributed by atoms with E-state index >= 15 is 0 Å². The second kappa shape index (κ2) is 33.9. The number of rotatable bonds is 15. The van der Waals surface area contributed by atoms with Crippen LogP contribution in [0.4, 0.5) is 51.2 Å². The molecule has 9 heteroatoms. The summed E-state index contributed by atoms with van der Waals surface area (Å²) in [6, 6.07) is 182. The highest BCUT2D eigenvalue weighted by Crippen LogP contribution is 2.51. The summed E-state index contributed by atoms with van der Waals surface area (Å²) in [5.41, 5.74) is 31.1. The Bertz CT molecular complexity index is 8750. The van der Waals surface area contributed by atoms with E-state index in [9.17, 15) is 0 Å². The first-order valence-electron chi connectivity index (χ1n) is 45.8. The number of hydrogen-bond donors (Lipinski definition) is 0. The van der Waals surface area contributed by atoms with Gasteiger partial charge in [-0.1, -0.05) is 315 Å². The highest BCUT2D eigenvalue weighted by Gasteiger charge is 2.28. The quantitative estimate of drug-likeness (QED) is 0.102. The molecule has 21 aromatic carbocycles. The molecule has 6 aromatic heterocycles. The predicted molar refractivity (Wildman–Crippen MR) is 570 cm³/mol. The van der Waals surface area contributed by atoms with E-state index in [0.717, 1.165) is 112 Å². The van der Waals surface area contributed by atoms with E-state index in [1.54, 1.807) is 0 Å². The van der Waals surface area contributed by atoms with Crippen molar-refractivity contribution in [2.75, 3.05) is 14.7 Å². The second-order valence-electron chi connectivity index (χ2n) is 34.2. The Labute approximate surface area is 783 Å². The van der Waals surface area contributed by atoms with Crippen LogP contribution in [0.1, 0.15) is 0 Å². The van der Waals surface area contributed by atoms with Crippen molar-refractivity contribution in [3.63, 3.8) is 0 Å². The van der Waals surface area contributed by atoms with Crippen molar-refractivity contribution in [3.05, 3.63) is 510 Å². The second-order valence-corrected chi connectivity index (χ2v) is 35.3. The number of para-hydroxylation sites is 11. The van der Waals surface area contributed by atoms with Gasteiger partial charge in [-0.05, 0) is 205 Å². The van der Waals surface area contributed by atoms with Gasteiger partial charge in [0.2, 0.25) is 0 Å². The average Bonchev–Trinajstić information content (AvgIpc) is 1.57. The molecule has 0 spiro atoms. The number of benzene rings is 21. The van der Waals surface area contributed by atoms with Crippen LogP contribution < -0.4 is 14.7 Å². The number of thiophene rings is 1. The van der Waals surface area contributed by atoms with Crippen LogP contribution in [0.15, 0.2) is 518 Å². The molecule has 8 nitrogen and oxygen atoms in total. The lowest BCUT2D eigenvalue weighted by atomic mass is 9.99. The summed E-state index contributed by atoms with van der Waals surface area (Å²) in [6.45, 7) is 0. The fraction of sp³-hybridized carbons (Fsp3) is 0. The molecule has 6 heterocycles. The van der Waals surface area contributed by atoms with Gasteiger partial charge >= 0.3 is 0 Å². The Morgan fingerprint density at radius 1 is 0.163 bits per heavy atom. The zero-order valence-corrected chi connectivity index (χ0v) is 74.2. The van der Waals surface area contributed by atoms with Crippen LogP contribution in [-0.2, 0) is 0 Å². The van der Waals surface area contributed by atoms with Gasteiger partial charge in [-0.25, -0.2) is 0 Å². The summed E-state index contributed by atoms with van der Waals surface area (Å²) >= 11 is 1.86. The van der Waals surface area contributed by atoms with Gasteiger partial charge in [-0.3, -0.25) is 0 Å². The zero-order valence-electron chi connectivity index (χ0n) is 73.4. The zero-order chi connectivity index (χ0) is 89.2.